The van der Waals surface area contributed by atoms with Crippen LogP contribution in [-0.2, 0) is 0 Å². The lowest BCUT2D eigenvalue weighted by Gasteiger charge is -2.07. The van der Waals surface area contributed by atoms with Gasteiger partial charge in [-0.3, -0.25) is 4.98 Å². The molecule has 0 saturated heterocycles. The van der Waals surface area contributed by atoms with Crippen LogP contribution in [0.3, 0.4) is 0 Å². The van der Waals surface area contributed by atoms with Crippen LogP contribution < -0.4 is 5.32 Å². The van der Waals surface area contributed by atoms with E-state index in [4.69, 9.17) is 5.11 Å². The Bertz CT molecular complexity index is 454. The zero-order valence-corrected chi connectivity index (χ0v) is 9.04. The number of aliphatic hydroxyl groups is 1. The molecule has 0 bridgehead atoms. The summed E-state index contributed by atoms with van der Waals surface area (Å²) in [6.45, 7) is 2.54. The highest BCUT2D eigenvalue weighted by molar-refractivity contribution is 5.43. The van der Waals surface area contributed by atoms with Crippen molar-refractivity contribution in [1.82, 2.24) is 25.0 Å². The van der Waals surface area contributed by atoms with Gasteiger partial charge in [0.15, 0.2) is 5.65 Å². The molecule has 2 heterocycles. The summed E-state index contributed by atoms with van der Waals surface area (Å²) in [6, 6.07) is 0. The van der Waals surface area contributed by atoms with Crippen LogP contribution in [0, 0.1) is 0 Å². The van der Waals surface area contributed by atoms with Gasteiger partial charge in [0.05, 0.1) is 18.5 Å². The van der Waals surface area contributed by atoms with Crippen molar-refractivity contribution in [3.8, 4) is 0 Å². The van der Waals surface area contributed by atoms with E-state index in [0.717, 1.165) is 25.2 Å². The van der Waals surface area contributed by atoms with Crippen molar-refractivity contribution >= 4 is 11.5 Å². The number of nitrogens with zero attached hydrogens (tertiary/aromatic N) is 5. The normalized spacial score (nSPS) is 12.9. The molecule has 0 aliphatic rings. The highest BCUT2D eigenvalue weighted by Gasteiger charge is 2.03. The summed E-state index contributed by atoms with van der Waals surface area (Å²) in [7, 11) is 0. The lowest BCUT2D eigenvalue weighted by molar-refractivity contribution is 0.183. The predicted molar refractivity (Wildman–Crippen MR) is 58.0 cm³/mol. The van der Waals surface area contributed by atoms with Gasteiger partial charge in [0.1, 0.15) is 5.82 Å². The first-order valence-corrected chi connectivity index (χ1v) is 5.21. The van der Waals surface area contributed by atoms with E-state index in [1.807, 2.05) is 0 Å². The molecule has 2 aromatic heterocycles. The number of anilines is 1. The Hall–Kier alpha value is -1.76. The topological polar surface area (TPSA) is 88.2 Å². The standard InChI is InChI=1S/C9H14N6O/c1-7(16)3-2-4-11-8-5-10-6-9-12-13-14-15(8)9/h5-7,11,16H,2-4H2,1H3. The van der Waals surface area contributed by atoms with Crippen LogP contribution in [0.1, 0.15) is 19.8 Å². The molecule has 2 rings (SSSR count). The Kier molecular flexibility index (Phi) is 3.25. The highest BCUT2D eigenvalue weighted by Crippen LogP contribution is 2.06. The van der Waals surface area contributed by atoms with E-state index in [1.165, 1.54) is 0 Å². The third-order valence-corrected chi connectivity index (χ3v) is 2.21. The van der Waals surface area contributed by atoms with Gasteiger partial charge in [-0.1, -0.05) is 0 Å². The van der Waals surface area contributed by atoms with Gasteiger partial charge in [-0.25, -0.2) is 0 Å². The molecule has 2 aromatic rings. The smallest absolute Gasteiger partial charge is 0.199 e. The number of hydrogen-bond donors (Lipinski definition) is 2. The SMILES string of the molecule is CC(O)CCCNc1cncc2nnnn12. The first-order valence-electron chi connectivity index (χ1n) is 5.21. The second-order valence-electron chi connectivity index (χ2n) is 3.66. The van der Waals surface area contributed by atoms with Crippen LogP contribution >= 0.6 is 0 Å². The summed E-state index contributed by atoms with van der Waals surface area (Å²) in [5.41, 5.74) is 0.612. The molecule has 7 nitrogen and oxygen atoms in total. The molecule has 16 heavy (non-hydrogen) atoms. The van der Waals surface area contributed by atoms with Crippen molar-refractivity contribution in [2.45, 2.75) is 25.9 Å². The first-order chi connectivity index (χ1) is 7.77. The zero-order valence-electron chi connectivity index (χ0n) is 9.04. The summed E-state index contributed by atoms with van der Waals surface area (Å²) in [5.74, 6) is 0.757. The third kappa shape index (κ3) is 2.43. The predicted octanol–water partition coefficient (Wildman–Crippen LogP) is 0.0922. The second kappa shape index (κ2) is 4.84. The molecule has 1 unspecified atom stereocenters. The Morgan fingerprint density at radius 1 is 1.50 bits per heavy atom. The van der Waals surface area contributed by atoms with Crippen molar-refractivity contribution in [3.63, 3.8) is 0 Å². The van der Waals surface area contributed by atoms with Gasteiger partial charge >= 0.3 is 0 Å². The Balaban J connectivity index is 1.96. The van der Waals surface area contributed by atoms with Gasteiger partial charge < -0.3 is 10.4 Å². The Morgan fingerprint density at radius 2 is 2.38 bits per heavy atom. The molecule has 86 valence electrons. The largest absolute Gasteiger partial charge is 0.393 e. The summed E-state index contributed by atoms with van der Waals surface area (Å²) in [5, 5.41) is 23.5. The Morgan fingerprint density at radius 3 is 3.19 bits per heavy atom. The lowest BCUT2D eigenvalue weighted by atomic mass is 10.2. The average Bonchev–Trinajstić information content (AvgIpc) is 2.72. The van der Waals surface area contributed by atoms with Crippen molar-refractivity contribution in [2.24, 2.45) is 0 Å². The van der Waals surface area contributed by atoms with Gasteiger partial charge in [0, 0.05) is 6.54 Å². The Labute approximate surface area is 92.5 Å². The minimum atomic E-state index is -0.260. The highest BCUT2D eigenvalue weighted by atomic mass is 16.3. The van der Waals surface area contributed by atoms with Gasteiger partial charge in [-0.15, -0.1) is 5.10 Å². The quantitative estimate of drug-likeness (QED) is 0.697. The molecule has 0 aliphatic carbocycles. The fourth-order valence-corrected chi connectivity index (χ4v) is 1.41. The van der Waals surface area contributed by atoms with E-state index in [9.17, 15) is 0 Å². The summed E-state index contributed by atoms with van der Waals surface area (Å²) < 4.78 is 1.59. The molecule has 0 spiro atoms. The van der Waals surface area contributed by atoms with E-state index in [-0.39, 0.29) is 6.10 Å². The van der Waals surface area contributed by atoms with Crippen LogP contribution in [0.15, 0.2) is 12.4 Å². The number of rotatable bonds is 5. The number of aliphatic hydroxyl groups excluding tert-OH is 1. The van der Waals surface area contributed by atoms with E-state index in [0.29, 0.717) is 5.65 Å². The summed E-state index contributed by atoms with van der Waals surface area (Å²) >= 11 is 0. The van der Waals surface area contributed by atoms with Crippen molar-refractivity contribution in [2.75, 3.05) is 11.9 Å². The molecule has 7 heteroatoms. The molecule has 0 saturated carbocycles. The molecule has 0 aromatic carbocycles. The van der Waals surface area contributed by atoms with Crippen LogP contribution in [0.5, 0.6) is 0 Å². The monoisotopic (exact) mass is 222 g/mol. The van der Waals surface area contributed by atoms with Crippen LogP contribution in [0.2, 0.25) is 0 Å². The molecular weight excluding hydrogens is 208 g/mol. The maximum absolute atomic E-state index is 9.11. The van der Waals surface area contributed by atoms with Gasteiger partial charge in [0.25, 0.3) is 0 Å². The summed E-state index contributed by atoms with van der Waals surface area (Å²) in [4.78, 5) is 4.02. The van der Waals surface area contributed by atoms with Crippen molar-refractivity contribution < 1.29 is 5.11 Å². The zero-order chi connectivity index (χ0) is 11.4. The van der Waals surface area contributed by atoms with Gasteiger partial charge in [-0.05, 0) is 30.2 Å². The molecule has 2 N–H and O–H groups in total. The second-order valence-corrected chi connectivity index (χ2v) is 3.66. The van der Waals surface area contributed by atoms with Crippen molar-refractivity contribution in [3.05, 3.63) is 12.4 Å². The third-order valence-electron chi connectivity index (χ3n) is 2.21. The van der Waals surface area contributed by atoms with Gasteiger partial charge in [0.2, 0.25) is 0 Å². The first kappa shape index (κ1) is 10.7. The minimum Gasteiger partial charge on any atom is -0.393 e. The maximum atomic E-state index is 9.11. The van der Waals surface area contributed by atoms with E-state index in [2.05, 4.69) is 25.8 Å². The minimum absolute atomic E-state index is 0.260. The van der Waals surface area contributed by atoms with Crippen molar-refractivity contribution in [1.29, 1.82) is 0 Å². The average molecular weight is 222 g/mol. The number of nitrogens with one attached hydrogen (secondary N) is 1. The number of fused-ring (bicyclic) bond motifs is 1. The molecule has 0 aliphatic heterocycles. The molecule has 0 fully saturated rings. The van der Waals surface area contributed by atoms with Crippen LogP contribution in [0.25, 0.3) is 5.65 Å². The fraction of sp³-hybridized carbons (Fsp3) is 0.556. The molecular formula is C9H14N6O. The van der Waals surface area contributed by atoms with Gasteiger partial charge in [-0.2, -0.15) is 4.52 Å². The molecule has 1 atom stereocenters. The summed E-state index contributed by atoms with van der Waals surface area (Å²) in [6.07, 6.45) is 4.67. The van der Waals surface area contributed by atoms with E-state index < -0.39 is 0 Å². The molecule has 0 radical (unpaired) electrons. The van der Waals surface area contributed by atoms with E-state index in [1.54, 1.807) is 23.8 Å². The van der Waals surface area contributed by atoms with E-state index >= 15 is 0 Å². The number of tetrazole rings is 1. The lowest BCUT2D eigenvalue weighted by Crippen LogP contribution is -2.09. The fourth-order valence-electron chi connectivity index (χ4n) is 1.41. The van der Waals surface area contributed by atoms with Crippen LogP contribution in [-0.4, -0.2) is 42.8 Å². The number of aromatic nitrogens is 5. The molecule has 0 amide bonds. The number of hydrogen-bond acceptors (Lipinski definition) is 6. The maximum Gasteiger partial charge on any atom is 0.199 e. The van der Waals surface area contributed by atoms with Crippen LogP contribution in [0.4, 0.5) is 5.82 Å².